The predicted molar refractivity (Wildman–Crippen MR) is 105 cm³/mol. The molecule has 1 aliphatic rings. The Morgan fingerprint density at radius 1 is 1.37 bits per heavy atom. The SMILES string of the molecule is C=C(/N=C\C=C(/C)C(F)(F)F)C(=O)N[C@@H]1CCCc2c1cnn2-c1ccccc1F. The molecular formula is C21H20F4N4O. The minimum Gasteiger partial charge on any atom is -0.344 e. The third-order valence-electron chi connectivity index (χ3n) is 4.83. The van der Waals surface area contributed by atoms with E-state index >= 15 is 0 Å². The Morgan fingerprint density at radius 3 is 2.80 bits per heavy atom. The maximum Gasteiger partial charge on any atom is 0.412 e. The van der Waals surface area contributed by atoms with E-state index in [1.165, 1.54) is 10.7 Å². The second kappa shape index (κ2) is 8.64. The average Bonchev–Trinajstić information content (AvgIpc) is 3.12. The standard InChI is InChI=1S/C21H20F4N4O/c1-13(21(23,24)25)10-11-26-14(2)20(30)28-17-7-5-9-18-15(17)12-27-29(18)19-8-4-3-6-16(19)22/h3-4,6,8,10-12,17H,2,5,7,9H2,1H3,(H,28,30)/b13-10+,26-11-/t17-/m1/s1. The van der Waals surface area contributed by atoms with Crippen LogP contribution in [0, 0.1) is 5.82 Å². The first-order valence-corrected chi connectivity index (χ1v) is 9.28. The zero-order valence-corrected chi connectivity index (χ0v) is 16.2. The molecule has 0 aliphatic heterocycles. The van der Waals surface area contributed by atoms with Crippen LogP contribution in [0.2, 0.25) is 0 Å². The Labute approximate surface area is 170 Å². The number of rotatable bonds is 5. The van der Waals surface area contributed by atoms with Crippen molar-refractivity contribution in [3.8, 4) is 5.69 Å². The molecule has 30 heavy (non-hydrogen) atoms. The van der Waals surface area contributed by atoms with E-state index in [1.807, 2.05) is 0 Å². The molecule has 0 radical (unpaired) electrons. The Hall–Kier alpha value is -3.23. The smallest absolute Gasteiger partial charge is 0.344 e. The Kier molecular flexibility index (Phi) is 6.19. The summed E-state index contributed by atoms with van der Waals surface area (Å²) < 4.78 is 53.1. The lowest BCUT2D eigenvalue weighted by molar-refractivity contribution is -0.118. The summed E-state index contributed by atoms with van der Waals surface area (Å²) in [6.07, 6.45) is 0.881. The summed E-state index contributed by atoms with van der Waals surface area (Å²) in [5.74, 6) is -1.000. The summed E-state index contributed by atoms with van der Waals surface area (Å²) in [5, 5.41) is 7.06. The molecule has 0 fully saturated rings. The second-order valence-electron chi connectivity index (χ2n) is 6.90. The molecule has 9 heteroatoms. The molecule has 1 aliphatic carbocycles. The number of benzene rings is 1. The summed E-state index contributed by atoms with van der Waals surface area (Å²) in [5.41, 5.74) is 0.843. The molecule has 2 aromatic rings. The van der Waals surface area contributed by atoms with E-state index in [0.29, 0.717) is 18.5 Å². The van der Waals surface area contributed by atoms with Gasteiger partial charge in [-0.1, -0.05) is 18.7 Å². The van der Waals surface area contributed by atoms with Gasteiger partial charge in [0.15, 0.2) is 0 Å². The summed E-state index contributed by atoms with van der Waals surface area (Å²) in [6.45, 7) is 4.42. The number of halogens is 4. The highest BCUT2D eigenvalue weighted by Crippen LogP contribution is 2.31. The summed E-state index contributed by atoms with van der Waals surface area (Å²) in [6, 6.07) is 5.90. The first-order chi connectivity index (χ1) is 14.2. The minimum absolute atomic E-state index is 0.213. The molecule has 0 saturated heterocycles. The van der Waals surface area contributed by atoms with Gasteiger partial charge in [0.25, 0.3) is 5.91 Å². The van der Waals surface area contributed by atoms with Crippen LogP contribution in [0.25, 0.3) is 5.69 Å². The van der Waals surface area contributed by atoms with Crippen molar-refractivity contribution in [3.05, 3.63) is 71.5 Å². The van der Waals surface area contributed by atoms with Gasteiger partial charge in [0.2, 0.25) is 0 Å². The van der Waals surface area contributed by atoms with Gasteiger partial charge in [-0.05, 0) is 44.4 Å². The number of allylic oxidation sites excluding steroid dienone is 2. The molecular weight excluding hydrogens is 400 g/mol. The number of hydrogen-bond acceptors (Lipinski definition) is 3. The van der Waals surface area contributed by atoms with Gasteiger partial charge < -0.3 is 5.32 Å². The molecule has 1 aromatic heterocycles. The molecule has 0 spiro atoms. The largest absolute Gasteiger partial charge is 0.412 e. The normalized spacial score (nSPS) is 17.1. The fourth-order valence-corrected chi connectivity index (χ4v) is 3.17. The van der Waals surface area contributed by atoms with Gasteiger partial charge in [0, 0.05) is 23.0 Å². The number of carbonyl (C=O) groups is 1. The number of hydrogen-bond donors (Lipinski definition) is 1. The van der Waals surface area contributed by atoms with Crippen LogP contribution in [0.15, 0.2) is 59.4 Å². The number of nitrogens with one attached hydrogen (secondary N) is 1. The number of aromatic nitrogens is 2. The molecule has 0 saturated carbocycles. The maximum absolute atomic E-state index is 14.2. The molecule has 0 bridgehead atoms. The molecule has 1 atom stereocenters. The van der Waals surface area contributed by atoms with E-state index in [1.54, 1.807) is 24.4 Å². The highest BCUT2D eigenvalue weighted by atomic mass is 19.4. The van der Waals surface area contributed by atoms with Gasteiger partial charge in [-0.15, -0.1) is 0 Å². The molecule has 3 rings (SSSR count). The second-order valence-corrected chi connectivity index (χ2v) is 6.90. The predicted octanol–water partition coefficient (Wildman–Crippen LogP) is 4.60. The van der Waals surface area contributed by atoms with Crippen molar-refractivity contribution in [2.45, 2.75) is 38.4 Å². The molecule has 1 amide bonds. The van der Waals surface area contributed by atoms with Gasteiger partial charge in [0.1, 0.15) is 17.2 Å². The van der Waals surface area contributed by atoms with Crippen molar-refractivity contribution in [2.75, 3.05) is 0 Å². The van der Waals surface area contributed by atoms with E-state index in [9.17, 15) is 22.4 Å². The third-order valence-corrected chi connectivity index (χ3v) is 4.83. The number of fused-ring (bicyclic) bond motifs is 1. The summed E-state index contributed by atoms with van der Waals surface area (Å²) in [4.78, 5) is 16.1. The number of amides is 1. The summed E-state index contributed by atoms with van der Waals surface area (Å²) in [7, 11) is 0. The van der Waals surface area contributed by atoms with Crippen LogP contribution in [0.5, 0.6) is 0 Å². The lowest BCUT2D eigenvalue weighted by Gasteiger charge is -2.24. The topological polar surface area (TPSA) is 59.3 Å². The van der Waals surface area contributed by atoms with E-state index in [2.05, 4.69) is 22.0 Å². The van der Waals surface area contributed by atoms with Crippen LogP contribution in [0.3, 0.4) is 0 Å². The highest BCUT2D eigenvalue weighted by Gasteiger charge is 2.29. The van der Waals surface area contributed by atoms with Crippen LogP contribution < -0.4 is 5.32 Å². The number of aliphatic imine (C=N–C) groups is 1. The van der Waals surface area contributed by atoms with Gasteiger partial charge in [-0.2, -0.15) is 18.3 Å². The van der Waals surface area contributed by atoms with Crippen molar-refractivity contribution in [2.24, 2.45) is 4.99 Å². The first-order valence-electron chi connectivity index (χ1n) is 9.28. The van der Waals surface area contributed by atoms with Gasteiger partial charge in [-0.3, -0.25) is 9.79 Å². The van der Waals surface area contributed by atoms with Crippen LogP contribution >= 0.6 is 0 Å². The highest BCUT2D eigenvalue weighted by molar-refractivity contribution is 5.94. The van der Waals surface area contributed by atoms with Crippen molar-refractivity contribution >= 4 is 12.1 Å². The quantitative estimate of drug-likeness (QED) is 0.437. The van der Waals surface area contributed by atoms with Gasteiger partial charge in [-0.25, -0.2) is 9.07 Å². The monoisotopic (exact) mass is 420 g/mol. The van der Waals surface area contributed by atoms with E-state index in [0.717, 1.165) is 36.9 Å². The van der Waals surface area contributed by atoms with Crippen LogP contribution in [0.4, 0.5) is 17.6 Å². The molecule has 5 nitrogen and oxygen atoms in total. The van der Waals surface area contributed by atoms with Crippen LogP contribution in [-0.2, 0) is 11.2 Å². The molecule has 1 N–H and O–H groups in total. The summed E-state index contributed by atoms with van der Waals surface area (Å²) >= 11 is 0. The van der Waals surface area contributed by atoms with Crippen LogP contribution in [-0.4, -0.2) is 28.1 Å². The number of para-hydroxylation sites is 1. The van der Waals surface area contributed by atoms with Gasteiger partial charge in [0.05, 0.1) is 12.2 Å². The zero-order chi connectivity index (χ0) is 21.9. The minimum atomic E-state index is -4.45. The van der Waals surface area contributed by atoms with Crippen molar-refractivity contribution < 1.29 is 22.4 Å². The molecule has 0 unspecified atom stereocenters. The lowest BCUT2D eigenvalue weighted by Crippen LogP contribution is -2.31. The fourth-order valence-electron chi connectivity index (χ4n) is 3.17. The Bertz CT molecular complexity index is 1020. The average molecular weight is 420 g/mol. The van der Waals surface area contributed by atoms with Crippen LogP contribution in [0.1, 0.15) is 37.1 Å². The Balaban J connectivity index is 1.73. The molecule has 1 aromatic carbocycles. The number of nitrogens with zero attached hydrogens (tertiary/aromatic N) is 3. The fraction of sp³-hybridized carbons (Fsp3) is 0.286. The number of alkyl halides is 3. The maximum atomic E-state index is 14.2. The first kappa shape index (κ1) is 21.5. The lowest BCUT2D eigenvalue weighted by atomic mass is 9.92. The van der Waals surface area contributed by atoms with Gasteiger partial charge >= 0.3 is 6.18 Å². The van der Waals surface area contributed by atoms with Crippen molar-refractivity contribution in [1.82, 2.24) is 15.1 Å². The van der Waals surface area contributed by atoms with Crippen molar-refractivity contribution in [3.63, 3.8) is 0 Å². The molecule has 158 valence electrons. The van der Waals surface area contributed by atoms with E-state index < -0.39 is 23.5 Å². The third kappa shape index (κ3) is 4.67. The van der Waals surface area contributed by atoms with E-state index in [-0.39, 0.29) is 11.7 Å². The van der Waals surface area contributed by atoms with E-state index in [4.69, 9.17) is 0 Å². The van der Waals surface area contributed by atoms with Crippen molar-refractivity contribution in [1.29, 1.82) is 0 Å². The zero-order valence-electron chi connectivity index (χ0n) is 16.2. The number of carbonyl (C=O) groups excluding carboxylic acids is 1. The Morgan fingerprint density at radius 2 is 2.10 bits per heavy atom. The molecule has 1 heterocycles.